The van der Waals surface area contributed by atoms with Gasteiger partial charge in [-0.3, -0.25) is 4.90 Å². The second-order valence-corrected chi connectivity index (χ2v) is 5.01. The molecule has 1 unspecified atom stereocenters. The van der Waals surface area contributed by atoms with E-state index in [-0.39, 0.29) is 6.09 Å². The number of hydrogen-bond donors (Lipinski definition) is 1. The largest absolute Gasteiger partial charge is 0.449 e. The fraction of sp³-hybridized carbons (Fsp3) is 0.417. The molecule has 5 heteroatoms. The molecule has 0 spiro atoms. The Morgan fingerprint density at radius 1 is 1.59 bits per heavy atom. The zero-order valence-corrected chi connectivity index (χ0v) is 11.2. The van der Waals surface area contributed by atoms with Crippen molar-refractivity contribution < 1.29 is 9.53 Å². The second-order valence-electron chi connectivity index (χ2n) is 4.09. The van der Waals surface area contributed by atoms with Crippen molar-refractivity contribution in [3.05, 3.63) is 28.7 Å². The standard InChI is InChI=1S/C12H15BrN2O2/c1-14-6-9-7-15(12(16)17-8-9)11-4-2-3-10(13)5-11/h2-5,9,14H,6-8H2,1H3. The first kappa shape index (κ1) is 12.4. The Hall–Kier alpha value is -1.07. The fourth-order valence-electron chi connectivity index (χ4n) is 1.92. The summed E-state index contributed by atoms with van der Waals surface area (Å²) >= 11 is 3.40. The molecule has 1 atom stereocenters. The van der Waals surface area contributed by atoms with Gasteiger partial charge < -0.3 is 10.1 Å². The van der Waals surface area contributed by atoms with Crippen LogP contribution in [0.2, 0.25) is 0 Å². The van der Waals surface area contributed by atoms with E-state index in [9.17, 15) is 4.79 Å². The third-order valence-corrected chi connectivity index (χ3v) is 3.21. The molecule has 92 valence electrons. The van der Waals surface area contributed by atoms with Crippen LogP contribution in [0.4, 0.5) is 10.5 Å². The lowest BCUT2D eigenvalue weighted by molar-refractivity contribution is 0.115. The van der Waals surface area contributed by atoms with Crippen LogP contribution in [0.15, 0.2) is 28.7 Å². The minimum atomic E-state index is -0.268. The minimum absolute atomic E-state index is 0.268. The number of carbonyl (C=O) groups excluding carboxylic acids is 1. The Morgan fingerprint density at radius 2 is 2.41 bits per heavy atom. The Morgan fingerprint density at radius 3 is 3.12 bits per heavy atom. The number of benzene rings is 1. The first-order valence-electron chi connectivity index (χ1n) is 5.55. The van der Waals surface area contributed by atoms with E-state index in [4.69, 9.17) is 4.74 Å². The third-order valence-electron chi connectivity index (χ3n) is 2.72. The molecular formula is C12H15BrN2O2. The van der Waals surface area contributed by atoms with Gasteiger partial charge >= 0.3 is 6.09 Å². The van der Waals surface area contributed by atoms with Gasteiger partial charge in [-0.05, 0) is 25.2 Å². The molecule has 0 saturated carbocycles. The molecule has 4 nitrogen and oxygen atoms in total. The van der Waals surface area contributed by atoms with Crippen molar-refractivity contribution >= 4 is 27.7 Å². The van der Waals surface area contributed by atoms with Crippen LogP contribution in [0.3, 0.4) is 0 Å². The van der Waals surface area contributed by atoms with Crippen molar-refractivity contribution in [2.75, 3.05) is 31.6 Å². The number of halogens is 1. The van der Waals surface area contributed by atoms with Crippen molar-refractivity contribution in [3.8, 4) is 0 Å². The molecule has 1 aromatic rings. The highest BCUT2D eigenvalue weighted by Crippen LogP contribution is 2.23. The fourth-order valence-corrected chi connectivity index (χ4v) is 2.31. The van der Waals surface area contributed by atoms with E-state index in [0.717, 1.165) is 16.7 Å². The quantitative estimate of drug-likeness (QED) is 0.930. The lowest BCUT2D eigenvalue weighted by atomic mass is 10.1. The molecule has 1 saturated heterocycles. The summed E-state index contributed by atoms with van der Waals surface area (Å²) in [5.41, 5.74) is 0.866. The molecule has 1 N–H and O–H groups in total. The average Bonchev–Trinajstić information content (AvgIpc) is 2.32. The highest BCUT2D eigenvalue weighted by molar-refractivity contribution is 9.10. The van der Waals surface area contributed by atoms with E-state index in [2.05, 4.69) is 21.2 Å². The van der Waals surface area contributed by atoms with Gasteiger partial charge in [0.25, 0.3) is 0 Å². The van der Waals surface area contributed by atoms with Crippen molar-refractivity contribution in [2.45, 2.75) is 0 Å². The first-order chi connectivity index (χ1) is 8.20. The Kier molecular flexibility index (Phi) is 4.02. The van der Waals surface area contributed by atoms with Gasteiger partial charge in [-0.15, -0.1) is 0 Å². The molecule has 1 amide bonds. The zero-order chi connectivity index (χ0) is 12.3. The minimum Gasteiger partial charge on any atom is -0.449 e. The van der Waals surface area contributed by atoms with Gasteiger partial charge in [0.1, 0.15) is 0 Å². The lowest BCUT2D eigenvalue weighted by Gasteiger charge is -2.32. The SMILES string of the molecule is CNCC1COC(=O)N(c2cccc(Br)c2)C1. The van der Waals surface area contributed by atoms with E-state index in [1.54, 1.807) is 4.90 Å². The number of cyclic esters (lactones) is 1. The number of nitrogens with zero attached hydrogens (tertiary/aromatic N) is 1. The normalized spacial score (nSPS) is 20.2. The molecule has 1 aromatic carbocycles. The molecule has 0 radical (unpaired) electrons. The smallest absolute Gasteiger partial charge is 0.414 e. The van der Waals surface area contributed by atoms with Gasteiger partial charge in [0, 0.05) is 29.2 Å². The summed E-state index contributed by atoms with van der Waals surface area (Å²) in [7, 11) is 1.90. The maximum Gasteiger partial charge on any atom is 0.414 e. The second kappa shape index (κ2) is 5.51. The van der Waals surface area contributed by atoms with Crippen LogP contribution >= 0.6 is 15.9 Å². The van der Waals surface area contributed by atoms with Crippen LogP contribution in [0.5, 0.6) is 0 Å². The van der Waals surface area contributed by atoms with Gasteiger partial charge in [-0.25, -0.2) is 4.79 Å². The van der Waals surface area contributed by atoms with Crippen molar-refractivity contribution in [2.24, 2.45) is 5.92 Å². The maximum absolute atomic E-state index is 11.7. The molecule has 1 heterocycles. The summed E-state index contributed by atoms with van der Waals surface area (Å²) in [5.74, 6) is 0.330. The van der Waals surface area contributed by atoms with Crippen LogP contribution in [-0.4, -0.2) is 32.8 Å². The number of ether oxygens (including phenoxy) is 1. The summed E-state index contributed by atoms with van der Waals surface area (Å²) in [4.78, 5) is 13.4. The number of nitrogens with one attached hydrogen (secondary N) is 1. The Labute approximate surface area is 109 Å². The number of carbonyl (C=O) groups is 1. The summed E-state index contributed by atoms with van der Waals surface area (Å²) in [6.45, 7) is 2.03. The van der Waals surface area contributed by atoms with Crippen LogP contribution < -0.4 is 10.2 Å². The molecule has 1 fully saturated rings. The van der Waals surface area contributed by atoms with Crippen LogP contribution in [0, 0.1) is 5.92 Å². The summed E-state index contributed by atoms with van der Waals surface area (Å²) < 4.78 is 6.14. The molecule has 0 aromatic heterocycles. The number of hydrogen-bond acceptors (Lipinski definition) is 3. The van der Waals surface area contributed by atoms with E-state index in [0.29, 0.717) is 19.1 Å². The van der Waals surface area contributed by atoms with Crippen LogP contribution in [0.1, 0.15) is 0 Å². The predicted molar refractivity (Wildman–Crippen MR) is 70.3 cm³/mol. The van der Waals surface area contributed by atoms with Gasteiger partial charge in [-0.2, -0.15) is 0 Å². The van der Waals surface area contributed by atoms with Crippen LogP contribution in [-0.2, 0) is 4.74 Å². The highest BCUT2D eigenvalue weighted by atomic mass is 79.9. The van der Waals surface area contributed by atoms with Crippen molar-refractivity contribution in [1.29, 1.82) is 0 Å². The molecule has 1 aliphatic rings. The summed E-state index contributed by atoms with van der Waals surface area (Å²) in [5, 5.41) is 3.11. The number of amides is 1. The third kappa shape index (κ3) is 2.98. The monoisotopic (exact) mass is 298 g/mol. The van der Waals surface area contributed by atoms with E-state index >= 15 is 0 Å². The molecular weight excluding hydrogens is 284 g/mol. The molecule has 0 bridgehead atoms. The van der Waals surface area contributed by atoms with E-state index in [1.807, 2.05) is 31.3 Å². The summed E-state index contributed by atoms with van der Waals surface area (Å²) in [6, 6.07) is 7.68. The van der Waals surface area contributed by atoms with Gasteiger partial charge in [0.2, 0.25) is 0 Å². The number of anilines is 1. The Balaban J connectivity index is 2.15. The van der Waals surface area contributed by atoms with Gasteiger partial charge in [0.15, 0.2) is 0 Å². The topological polar surface area (TPSA) is 41.6 Å². The zero-order valence-electron chi connectivity index (χ0n) is 9.65. The first-order valence-corrected chi connectivity index (χ1v) is 6.34. The average molecular weight is 299 g/mol. The highest BCUT2D eigenvalue weighted by Gasteiger charge is 2.27. The molecule has 2 rings (SSSR count). The lowest BCUT2D eigenvalue weighted by Crippen LogP contribution is -2.46. The van der Waals surface area contributed by atoms with Crippen molar-refractivity contribution in [3.63, 3.8) is 0 Å². The van der Waals surface area contributed by atoms with Crippen LogP contribution in [0.25, 0.3) is 0 Å². The van der Waals surface area contributed by atoms with E-state index < -0.39 is 0 Å². The van der Waals surface area contributed by atoms with E-state index in [1.165, 1.54) is 0 Å². The number of rotatable bonds is 3. The molecule has 17 heavy (non-hydrogen) atoms. The van der Waals surface area contributed by atoms with Gasteiger partial charge in [-0.1, -0.05) is 22.0 Å². The molecule has 0 aliphatic carbocycles. The Bertz CT molecular complexity index is 411. The van der Waals surface area contributed by atoms with Crippen molar-refractivity contribution in [1.82, 2.24) is 5.32 Å². The predicted octanol–water partition coefficient (Wildman–Crippen LogP) is 2.24. The van der Waals surface area contributed by atoms with Gasteiger partial charge in [0.05, 0.1) is 6.61 Å². The maximum atomic E-state index is 11.7. The summed E-state index contributed by atoms with van der Waals surface area (Å²) in [6.07, 6.45) is -0.268. The molecule has 1 aliphatic heterocycles.